The van der Waals surface area contributed by atoms with Gasteiger partial charge in [-0.3, -0.25) is 0 Å². The normalized spacial score (nSPS) is 26.0. The number of nitrogens with two attached hydrogens (primary N) is 1. The zero-order chi connectivity index (χ0) is 12.5. The van der Waals surface area contributed by atoms with Crippen LogP contribution in [0.1, 0.15) is 31.5 Å². The fourth-order valence-corrected chi connectivity index (χ4v) is 2.94. The Morgan fingerprint density at radius 1 is 1.59 bits per heavy atom. The van der Waals surface area contributed by atoms with Crippen molar-refractivity contribution in [3.63, 3.8) is 0 Å². The molecule has 7 nitrogen and oxygen atoms in total. The molecule has 0 spiro atoms. The van der Waals surface area contributed by atoms with Gasteiger partial charge >= 0.3 is 0 Å². The lowest BCUT2D eigenvalue weighted by molar-refractivity contribution is 0.385. The lowest BCUT2D eigenvalue weighted by Gasteiger charge is -2.28. The van der Waals surface area contributed by atoms with Crippen LogP contribution in [0.15, 0.2) is 6.20 Å². The van der Waals surface area contributed by atoms with Gasteiger partial charge in [0, 0.05) is 13.1 Å². The highest BCUT2D eigenvalue weighted by Crippen LogP contribution is 2.24. The minimum absolute atomic E-state index is 0.114. The Bertz CT molecular complexity index is 475. The zero-order valence-corrected chi connectivity index (χ0v) is 10.5. The van der Waals surface area contributed by atoms with E-state index in [0.717, 1.165) is 18.7 Å². The third-order valence-electron chi connectivity index (χ3n) is 3.14. The SMILES string of the molecule is CCn1nncc1C1CCC(S(N)(=O)=O)CN1. The zero-order valence-electron chi connectivity index (χ0n) is 9.70. The molecule has 8 heteroatoms. The summed E-state index contributed by atoms with van der Waals surface area (Å²) in [4.78, 5) is 0. The minimum Gasteiger partial charge on any atom is -0.307 e. The number of primary sulfonamides is 1. The third kappa shape index (κ3) is 2.64. The molecule has 0 radical (unpaired) electrons. The van der Waals surface area contributed by atoms with Gasteiger partial charge in [-0.1, -0.05) is 5.21 Å². The number of nitrogens with zero attached hydrogens (tertiary/aromatic N) is 3. The van der Waals surface area contributed by atoms with Crippen LogP contribution in [0.5, 0.6) is 0 Å². The van der Waals surface area contributed by atoms with Crippen LogP contribution in [0.4, 0.5) is 0 Å². The molecule has 1 aromatic rings. The molecular weight excluding hydrogens is 242 g/mol. The summed E-state index contributed by atoms with van der Waals surface area (Å²) in [6, 6.07) is 0.114. The summed E-state index contributed by atoms with van der Waals surface area (Å²) in [6.45, 7) is 3.14. The van der Waals surface area contributed by atoms with Gasteiger partial charge in [-0.05, 0) is 19.8 Å². The number of aromatic nitrogens is 3. The van der Waals surface area contributed by atoms with Crippen molar-refractivity contribution in [2.45, 2.75) is 37.6 Å². The molecule has 3 N–H and O–H groups in total. The molecule has 0 aliphatic carbocycles. The van der Waals surface area contributed by atoms with Crippen molar-refractivity contribution in [2.75, 3.05) is 6.54 Å². The quantitative estimate of drug-likeness (QED) is 0.753. The third-order valence-corrected chi connectivity index (χ3v) is 4.47. The molecule has 1 aromatic heterocycles. The standard InChI is InChI=1S/C9H17N5O2S/c1-2-14-9(6-12-13-14)8-4-3-7(5-11-8)17(10,15)16/h6-8,11H,2-5H2,1H3,(H2,10,15,16). The van der Waals surface area contributed by atoms with E-state index < -0.39 is 15.3 Å². The molecular formula is C9H17N5O2S. The fraction of sp³-hybridized carbons (Fsp3) is 0.778. The molecule has 0 amide bonds. The van der Waals surface area contributed by atoms with Crippen molar-refractivity contribution in [3.8, 4) is 0 Å². The fourth-order valence-electron chi connectivity index (χ4n) is 2.14. The van der Waals surface area contributed by atoms with Crippen molar-refractivity contribution in [1.82, 2.24) is 20.3 Å². The molecule has 2 atom stereocenters. The number of hydrogen-bond donors (Lipinski definition) is 2. The first-order chi connectivity index (χ1) is 8.02. The van der Waals surface area contributed by atoms with E-state index in [1.54, 1.807) is 6.20 Å². The Balaban J connectivity index is 2.05. The van der Waals surface area contributed by atoms with Crippen LogP contribution in [-0.2, 0) is 16.6 Å². The largest absolute Gasteiger partial charge is 0.307 e. The van der Waals surface area contributed by atoms with Gasteiger partial charge in [0.25, 0.3) is 0 Å². The van der Waals surface area contributed by atoms with E-state index in [9.17, 15) is 8.42 Å². The molecule has 1 aliphatic rings. The molecule has 1 aliphatic heterocycles. The first kappa shape index (κ1) is 12.5. The van der Waals surface area contributed by atoms with Crippen molar-refractivity contribution in [1.29, 1.82) is 0 Å². The van der Waals surface area contributed by atoms with Gasteiger partial charge in [-0.25, -0.2) is 18.2 Å². The minimum atomic E-state index is -3.43. The topological polar surface area (TPSA) is 103 Å². The number of sulfonamides is 1. The summed E-state index contributed by atoms with van der Waals surface area (Å²) >= 11 is 0. The summed E-state index contributed by atoms with van der Waals surface area (Å²) in [5.41, 5.74) is 1.00. The molecule has 1 fully saturated rings. The first-order valence-corrected chi connectivity index (χ1v) is 7.26. The molecule has 2 heterocycles. The highest BCUT2D eigenvalue weighted by molar-refractivity contribution is 7.89. The van der Waals surface area contributed by atoms with Crippen LogP contribution in [0.25, 0.3) is 0 Å². The number of aryl methyl sites for hydroxylation is 1. The Kier molecular flexibility index (Phi) is 3.45. The van der Waals surface area contributed by atoms with Gasteiger partial charge in [0.15, 0.2) is 0 Å². The van der Waals surface area contributed by atoms with Crippen LogP contribution in [0, 0.1) is 0 Å². The van der Waals surface area contributed by atoms with Gasteiger partial charge in [-0.2, -0.15) is 0 Å². The van der Waals surface area contributed by atoms with Gasteiger partial charge < -0.3 is 5.32 Å². The number of rotatable bonds is 3. The number of piperidine rings is 1. The predicted octanol–water partition coefficient (Wildman–Crippen LogP) is -0.620. The van der Waals surface area contributed by atoms with Crippen molar-refractivity contribution in [2.24, 2.45) is 5.14 Å². The maximum Gasteiger partial charge on any atom is 0.213 e. The van der Waals surface area contributed by atoms with E-state index in [0.29, 0.717) is 13.0 Å². The number of nitrogens with one attached hydrogen (secondary N) is 1. The van der Waals surface area contributed by atoms with E-state index in [2.05, 4.69) is 15.6 Å². The summed E-state index contributed by atoms with van der Waals surface area (Å²) < 4.78 is 24.2. The van der Waals surface area contributed by atoms with E-state index in [-0.39, 0.29) is 6.04 Å². The second kappa shape index (κ2) is 4.71. The van der Waals surface area contributed by atoms with Gasteiger partial charge in [0.2, 0.25) is 10.0 Å². The summed E-state index contributed by atoms with van der Waals surface area (Å²) in [5.74, 6) is 0. The van der Waals surface area contributed by atoms with Crippen LogP contribution in [0.2, 0.25) is 0 Å². The smallest absolute Gasteiger partial charge is 0.213 e. The highest BCUT2D eigenvalue weighted by Gasteiger charge is 2.29. The molecule has 96 valence electrons. The predicted molar refractivity (Wildman–Crippen MR) is 62.6 cm³/mol. The van der Waals surface area contributed by atoms with Gasteiger partial charge in [-0.15, -0.1) is 5.10 Å². The molecule has 0 bridgehead atoms. The molecule has 17 heavy (non-hydrogen) atoms. The lowest BCUT2D eigenvalue weighted by atomic mass is 10.0. The maximum atomic E-state index is 11.2. The van der Waals surface area contributed by atoms with E-state index in [4.69, 9.17) is 5.14 Å². The average Bonchev–Trinajstić information content (AvgIpc) is 2.76. The molecule has 2 rings (SSSR count). The van der Waals surface area contributed by atoms with Crippen molar-refractivity contribution in [3.05, 3.63) is 11.9 Å². The van der Waals surface area contributed by atoms with Crippen molar-refractivity contribution < 1.29 is 8.42 Å². The Morgan fingerprint density at radius 2 is 2.35 bits per heavy atom. The van der Waals surface area contributed by atoms with Gasteiger partial charge in [0.1, 0.15) is 0 Å². The molecule has 1 saturated heterocycles. The van der Waals surface area contributed by atoms with E-state index >= 15 is 0 Å². The maximum absolute atomic E-state index is 11.2. The second-order valence-electron chi connectivity index (χ2n) is 4.22. The molecule has 0 saturated carbocycles. The summed E-state index contributed by atoms with van der Waals surface area (Å²) in [7, 11) is -3.43. The Hall–Kier alpha value is -0.990. The van der Waals surface area contributed by atoms with Crippen LogP contribution < -0.4 is 10.5 Å². The highest BCUT2D eigenvalue weighted by atomic mass is 32.2. The Morgan fingerprint density at radius 3 is 2.88 bits per heavy atom. The van der Waals surface area contributed by atoms with Crippen LogP contribution in [0.3, 0.4) is 0 Å². The second-order valence-corrected chi connectivity index (χ2v) is 6.07. The monoisotopic (exact) mass is 259 g/mol. The Labute approximate surface area is 100 Å². The van der Waals surface area contributed by atoms with Crippen LogP contribution >= 0.6 is 0 Å². The molecule has 0 aromatic carbocycles. The van der Waals surface area contributed by atoms with Crippen molar-refractivity contribution >= 4 is 10.0 Å². The number of hydrogen-bond acceptors (Lipinski definition) is 5. The lowest BCUT2D eigenvalue weighted by Crippen LogP contribution is -2.43. The van der Waals surface area contributed by atoms with Crippen LogP contribution in [-0.4, -0.2) is 35.2 Å². The summed E-state index contributed by atoms with van der Waals surface area (Å²) in [5, 5.41) is 15.7. The first-order valence-electron chi connectivity index (χ1n) is 5.65. The average molecular weight is 259 g/mol. The van der Waals surface area contributed by atoms with E-state index in [1.807, 2.05) is 11.6 Å². The van der Waals surface area contributed by atoms with E-state index in [1.165, 1.54) is 0 Å². The summed E-state index contributed by atoms with van der Waals surface area (Å²) in [6.07, 6.45) is 3.03. The molecule has 2 unspecified atom stereocenters. The van der Waals surface area contributed by atoms with Gasteiger partial charge in [0.05, 0.1) is 23.2 Å².